The number of carbonyl (C=O) groups excluding carboxylic acids is 2. The van der Waals surface area contributed by atoms with Gasteiger partial charge < -0.3 is 16.0 Å². The zero-order valence-electron chi connectivity index (χ0n) is 15.3. The molecule has 8 nitrogen and oxygen atoms in total. The van der Waals surface area contributed by atoms with Gasteiger partial charge in [0.15, 0.2) is 0 Å². The van der Waals surface area contributed by atoms with Crippen molar-refractivity contribution < 1.29 is 14.5 Å². The molecule has 146 valence electrons. The molecule has 8 heteroatoms. The Hall–Kier alpha value is -4.20. The molecule has 0 aromatic heterocycles. The minimum atomic E-state index is -0.507. The molecule has 0 fully saturated rings. The van der Waals surface area contributed by atoms with Gasteiger partial charge in [-0.15, -0.1) is 0 Å². The number of carbonyl (C=O) groups is 2. The molecule has 0 aliphatic rings. The highest BCUT2D eigenvalue weighted by atomic mass is 16.6. The van der Waals surface area contributed by atoms with Crippen LogP contribution in [0.1, 0.15) is 10.4 Å². The average molecular weight is 390 g/mol. The summed E-state index contributed by atoms with van der Waals surface area (Å²) in [7, 11) is 0. The van der Waals surface area contributed by atoms with E-state index >= 15 is 0 Å². The van der Waals surface area contributed by atoms with Crippen LogP contribution >= 0.6 is 0 Å². The molecule has 3 aromatic rings. The van der Waals surface area contributed by atoms with Crippen molar-refractivity contribution >= 4 is 34.6 Å². The number of nitrogens with zero attached hydrogens (tertiary/aromatic N) is 1. The third-order valence-electron chi connectivity index (χ3n) is 3.99. The summed E-state index contributed by atoms with van der Waals surface area (Å²) in [6.45, 7) is -0.115. The highest BCUT2D eigenvalue weighted by Gasteiger charge is 2.13. The standard InChI is InChI=1S/C21H18N4O4/c26-20(14-22-16-9-6-10-17(13-16)25(28)29)24-19-12-5-4-11-18(19)21(27)23-15-7-2-1-3-8-15/h1-13,22H,14H2,(H,23,27)(H,24,26). The van der Waals surface area contributed by atoms with E-state index in [9.17, 15) is 19.7 Å². The topological polar surface area (TPSA) is 113 Å². The van der Waals surface area contributed by atoms with Crippen LogP contribution in [0, 0.1) is 10.1 Å². The molecule has 0 radical (unpaired) electrons. The fraction of sp³-hybridized carbons (Fsp3) is 0.0476. The predicted molar refractivity (Wildman–Crippen MR) is 111 cm³/mol. The normalized spacial score (nSPS) is 10.1. The monoisotopic (exact) mass is 390 g/mol. The molecule has 3 rings (SSSR count). The summed E-state index contributed by atoms with van der Waals surface area (Å²) in [4.78, 5) is 35.2. The summed E-state index contributed by atoms with van der Waals surface area (Å²) in [5.41, 5.74) is 1.71. The number of amides is 2. The Balaban J connectivity index is 1.64. The number of anilines is 3. The largest absolute Gasteiger partial charge is 0.376 e. The van der Waals surface area contributed by atoms with Crippen molar-refractivity contribution in [2.45, 2.75) is 0 Å². The van der Waals surface area contributed by atoms with Crippen molar-refractivity contribution in [1.82, 2.24) is 0 Å². The van der Waals surface area contributed by atoms with E-state index in [1.165, 1.54) is 18.2 Å². The first-order valence-corrected chi connectivity index (χ1v) is 8.76. The van der Waals surface area contributed by atoms with Crippen molar-refractivity contribution in [3.05, 3.63) is 94.5 Å². The predicted octanol–water partition coefficient (Wildman–Crippen LogP) is 3.90. The van der Waals surface area contributed by atoms with Crippen LogP contribution in [0.2, 0.25) is 0 Å². The van der Waals surface area contributed by atoms with Gasteiger partial charge in [0, 0.05) is 23.5 Å². The molecular weight excluding hydrogens is 372 g/mol. The van der Waals surface area contributed by atoms with Crippen molar-refractivity contribution in [1.29, 1.82) is 0 Å². The van der Waals surface area contributed by atoms with Gasteiger partial charge in [0.1, 0.15) is 0 Å². The van der Waals surface area contributed by atoms with E-state index < -0.39 is 10.8 Å². The minimum absolute atomic E-state index is 0.0710. The number of nitro groups is 1. The minimum Gasteiger partial charge on any atom is -0.376 e. The van der Waals surface area contributed by atoms with E-state index in [1.807, 2.05) is 18.2 Å². The molecule has 3 aromatic carbocycles. The van der Waals surface area contributed by atoms with Gasteiger partial charge in [0.25, 0.3) is 11.6 Å². The molecule has 0 aliphatic heterocycles. The zero-order chi connectivity index (χ0) is 20.6. The smallest absolute Gasteiger partial charge is 0.271 e. The van der Waals surface area contributed by atoms with E-state index in [-0.39, 0.29) is 18.1 Å². The van der Waals surface area contributed by atoms with Crippen LogP contribution in [0.3, 0.4) is 0 Å². The highest BCUT2D eigenvalue weighted by molar-refractivity contribution is 6.10. The molecular formula is C21H18N4O4. The molecule has 0 saturated carbocycles. The lowest BCUT2D eigenvalue weighted by molar-refractivity contribution is -0.384. The summed E-state index contributed by atoms with van der Waals surface area (Å²) in [5, 5.41) is 19.1. The number of benzene rings is 3. The Morgan fingerprint density at radius 3 is 2.28 bits per heavy atom. The Bertz CT molecular complexity index is 1040. The molecule has 2 amide bonds. The van der Waals surface area contributed by atoms with Gasteiger partial charge in [0.05, 0.1) is 22.7 Å². The first kappa shape index (κ1) is 19.6. The summed E-state index contributed by atoms with van der Waals surface area (Å²) in [6, 6.07) is 21.5. The number of nitrogens with one attached hydrogen (secondary N) is 3. The maximum absolute atomic E-state index is 12.6. The molecule has 0 atom stereocenters. The maximum Gasteiger partial charge on any atom is 0.271 e. The SMILES string of the molecule is O=C(CNc1cccc([N+](=O)[O-])c1)Nc1ccccc1C(=O)Nc1ccccc1. The van der Waals surface area contributed by atoms with Gasteiger partial charge in [-0.05, 0) is 30.3 Å². The van der Waals surface area contributed by atoms with Gasteiger partial charge in [-0.2, -0.15) is 0 Å². The van der Waals surface area contributed by atoms with Crippen LogP contribution in [-0.2, 0) is 4.79 Å². The number of nitro benzene ring substituents is 1. The number of rotatable bonds is 7. The molecule has 3 N–H and O–H groups in total. The number of hydrogen-bond donors (Lipinski definition) is 3. The first-order valence-electron chi connectivity index (χ1n) is 8.76. The van der Waals surface area contributed by atoms with Crippen LogP contribution in [0.4, 0.5) is 22.7 Å². The van der Waals surface area contributed by atoms with E-state index in [0.29, 0.717) is 22.6 Å². The Morgan fingerprint density at radius 2 is 1.52 bits per heavy atom. The number of para-hydroxylation sites is 2. The van der Waals surface area contributed by atoms with Gasteiger partial charge in [0.2, 0.25) is 5.91 Å². The van der Waals surface area contributed by atoms with Crippen molar-refractivity contribution in [3.63, 3.8) is 0 Å². The van der Waals surface area contributed by atoms with Crippen LogP contribution in [0.25, 0.3) is 0 Å². The Kier molecular flexibility index (Phi) is 6.16. The van der Waals surface area contributed by atoms with E-state index in [0.717, 1.165) is 0 Å². The summed E-state index contributed by atoms with van der Waals surface area (Å²) in [5.74, 6) is -0.741. The second kappa shape index (κ2) is 9.14. The van der Waals surface area contributed by atoms with E-state index in [4.69, 9.17) is 0 Å². The van der Waals surface area contributed by atoms with Gasteiger partial charge in [-0.3, -0.25) is 19.7 Å². The third kappa shape index (κ3) is 5.39. The quantitative estimate of drug-likeness (QED) is 0.418. The van der Waals surface area contributed by atoms with Crippen molar-refractivity contribution in [3.8, 4) is 0 Å². The van der Waals surface area contributed by atoms with Gasteiger partial charge >= 0.3 is 0 Å². The number of hydrogen-bond acceptors (Lipinski definition) is 5. The fourth-order valence-corrected chi connectivity index (χ4v) is 2.62. The Morgan fingerprint density at radius 1 is 0.828 bits per heavy atom. The molecule has 0 unspecified atom stereocenters. The highest BCUT2D eigenvalue weighted by Crippen LogP contribution is 2.19. The second-order valence-corrected chi connectivity index (χ2v) is 6.07. The summed E-state index contributed by atoms with van der Waals surface area (Å²) < 4.78 is 0. The maximum atomic E-state index is 12.6. The van der Waals surface area contributed by atoms with Crippen LogP contribution < -0.4 is 16.0 Å². The molecule has 0 bridgehead atoms. The van der Waals surface area contributed by atoms with Crippen LogP contribution in [-0.4, -0.2) is 23.3 Å². The van der Waals surface area contributed by atoms with Crippen molar-refractivity contribution in [2.75, 3.05) is 22.5 Å². The summed E-state index contributed by atoms with van der Waals surface area (Å²) in [6.07, 6.45) is 0. The second-order valence-electron chi connectivity index (χ2n) is 6.07. The zero-order valence-corrected chi connectivity index (χ0v) is 15.3. The molecule has 0 aliphatic carbocycles. The van der Waals surface area contributed by atoms with Gasteiger partial charge in [-0.1, -0.05) is 36.4 Å². The number of non-ortho nitro benzene ring substituents is 1. The first-order chi connectivity index (χ1) is 14.0. The van der Waals surface area contributed by atoms with Crippen LogP contribution in [0.5, 0.6) is 0 Å². The fourth-order valence-electron chi connectivity index (χ4n) is 2.62. The van der Waals surface area contributed by atoms with Gasteiger partial charge in [-0.25, -0.2) is 0 Å². The molecule has 0 heterocycles. The summed E-state index contributed by atoms with van der Waals surface area (Å²) >= 11 is 0. The molecule has 0 spiro atoms. The lowest BCUT2D eigenvalue weighted by atomic mass is 10.1. The average Bonchev–Trinajstić information content (AvgIpc) is 2.73. The van der Waals surface area contributed by atoms with Crippen molar-refractivity contribution in [2.24, 2.45) is 0 Å². The lowest BCUT2D eigenvalue weighted by Gasteiger charge is -2.12. The lowest BCUT2D eigenvalue weighted by Crippen LogP contribution is -2.24. The molecule has 29 heavy (non-hydrogen) atoms. The van der Waals surface area contributed by atoms with E-state index in [2.05, 4.69) is 16.0 Å². The Labute approximate surface area is 166 Å². The van der Waals surface area contributed by atoms with Crippen LogP contribution in [0.15, 0.2) is 78.9 Å². The molecule has 0 saturated heterocycles. The third-order valence-corrected chi connectivity index (χ3v) is 3.99. The van der Waals surface area contributed by atoms with E-state index in [1.54, 1.807) is 42.5 Å².